The molecule has 0 aliphatic heterocycles. The number of rotatable bonds is 5. The molecule has 0 aliphatic carbocycles. The van der Waals surface area contributed by atoms with Crippen LogP contribution in [0.25, 0.3) is 0 Å². The summed E-state index contributed by atoms with van der Waals surface area (Å²) in [7, 11) is 0. The largest absolute Gasteiger partial charge is 0.384 e. The van der Waals surface area contributed by atoms with Crippen molar-refractivity contribution in [2.75, 3.05) is 17.6 Å². The number of nitrogens with zero attached hydrogens (tertiary/aromatic N) is 2. The molecule has 1 heterocycles. The maximum atomic E-state index is 11.1. The predicted octanol–water partition coefficient (Wildman–Crippen LogP) is 0.495. The first-order chi connectivity index (χ1) is 8.24. The van der Waals surface area contributed by atoms with Gasteiger partial charge in [0.15, 0.2) is 0 Å². The number of amides is 1. The molecule has 0 saturated carbocycles. The fourth-order valence-corrected chi connectivity index (χ4v) is 1.14. The zero-order valence-corrected chi connectivity index (χ0v) is 10.1. The van der Waals surface area contributed by atoms with Gasteiger partial charge in [0.25, 0.3) is 0 Å². The van der Waals surface area contributed by atoms with Crippen molar-refractivity contribution < 1.29 is 9.72 Å². The zero-order chi connectivity index (χ0) is 13.9. The number of carbonyl (C=O) groups excluding carboxylic acids is 1. The maximum Gasteiger partial charge on any atom is 0.311 e. The Balaban J connectivity index is 2.94. The van der Waals surface area contributed by atoms with Crippen molar-refractivity contribution in [3.8, 4) is 0 Å². The number of nitrogens with two attached hydrogens (primary N) is 2. The number of nitrogens with one attached hydrogen (secondary N) is 1. The van der Waals surface area contributed by atoms with Crippen LogP contribution in [0.2, 0.25) is 0 Å². The highest BCUT2D eigenvalue weighted by Crippen LogP contribution is 2.24. The zero-order valence-electron chi connectivity index (χ0n) is 10.1. The molecule has 0 aliphatic rings. The number of hydrogen-bond acceptors (Lipinski definition) is 6. The summed E-state index contributed by atoms with van der Waals surface area (Å²) in [6.45, 7) is 3.38. The van der Waals surface area contributed by atoms with Crippen LogP contribution in [0, 0.1) is 15.5 Å². The predicted molar refractivity (Wildman–Crippen MR) is 66.8 cm³/mol. The monoisotopic (exact) mass is 253 g/mol. The van der Waals surface area contributed by atoms with Gasteiger partial charge in [-0.15, -0.1) is 0 Å². The van der Waals surface area contributed by atoms with Crippen LogP contribution in [0.5, 0.6) is 0 Å². The van der Waals surface area contributed by atoms with E-state index >= 15 is 0 Å². The van der Waals surface area contributed by atoms with Gasteiger partial charge in [0.2, 0.25) is 11.7 Å². The number of hydrogen-bond donors (Lipinski definition) is 3. The molecular formula is C10H15N5O3. The van der Waals surface area contributed by atoms with Gasteiger partial charge in [-0.3, -0.25) is 14.9 Å². The lowest BCUT2D eigenvalue weighted by atomic mass is 9.93. The molecule has 1 aromatic rings. The van der Waals surface area contributed by atoms with Crippen LogP contribution in [-0.2, 0) is 4.79 Å². The van der Waals surface area contributed by atoms with E-state index in [4.69, 9.17) is 11.5 Å². The Morgan fingerprint density at radius 2 is 2.17 bits per heavy atom. The minimum absolute atomic E-state index is 0.0225. The van der Waals surface area contributed by atoms with Crippen molar-refractivity contribution in [1.82, 2.24) is 4.98 Å². The van der Waals surface area contributed by atoms with E-state index in [1.807, 2.05) is 0 Å². The SMILES string of the molecule is CC(C)(CNc1nc(N)ccc1[N+](=O)[O-])C(N)=O. The summed E-state index contributed by atoms with van der Waals surface area (Å²) >= 11 is 0. The van der Waals surface area contributed by atoms with Crippen molar-refractivity contribution in [3.05, 3.63) is 22.2 Å². The Labute approximate surface area is 104 Å². The van der Waals surface area contributed by atoms with Crippen LogP contribution >= 0.6 is 0 Å². The van der Waals surface area contributed by atoms with Gasteiger partial charge in [-0.1, -0.05) is 0 Å². The average Bonchev–Trinajstić information content (AvgIpc) is 2.26. The number of carbonyl (C=O) groups is 1. The number of pyridine rings is 1. The minimum atomic E-state index is -0.847. The average molecular weight is 253 g/mol. The second-order valence-electron chi connectivity index (χ2n) is 4.46. The van der Waals surface area contributed by atoms with Crippen LogP contribution in [-0.4, -0.2) is 22.4 Å². The smallest absolute Gasteiger partial charge is 0.311 e. The third-order valence-electron chi connectivity index (χ3n) is 2.46. The number of primary amides is 1. The maximum absolute atomic E-state index is 11.1. The highest BCUT2D eigenvalue weighted by Gasteiger charge is 2.26. The van der Waals surface area contributed by atoms with Crippen LogP contribution < -0.4 is 16.8 Å². The summed E-state index contributed by atoms with van der Waals surface area (Å²) in [5, 5.41) is 13.5. The first-order valence-electron chi connectivity index (χ1n) is 5.19. The van der Waals surface area contributed by atoms with Gasteiger partial charge in [-0.05, 0) is 19.9 Å². The number of aromatic nitrogens is 1. The quantitative estimate of drug-likeness (QED) is 0.516. The minimum Gasteiger partial charge on any atom is -0.384 e. The van der Waals surface area contributed by atoms with Gasteiger partial charge in [0.05, 0.1) is 10.3 Å². The molecule has 1 rings (SSSR count). The number of anilines is 2. The summed E-state index contributed by atoms with van der Waals surface area (Å²) in [5.74, 6) is -0.337. The molecular weight excluding hydrogens is 238 g/mol. The molecule has 5 N–H and O–H groups in total. The van der Waals surface area contributed by atoms with E-state index in [9.17, 15) is 14.9 Å². The lowest BCUT2D eigenvalue weighted by Crippen LogP contribution is -2.37. The molecule has 1 aromatic heterocycles. The third-order valence-corrected chi connectivity index (χ3v) is 2.46. The summed E-state index contributed by atoms with van der Waals surface area (Å²) in [6, 6.07) is 2.59. The first-order valence-corrected chi connectivity index (χ1v) is 5.19. The molecule has 18 heavy (non-hydrogen) atoms. The van der Waals surface area contributed by atoms with Crippen molar-refractivity contribution in [3.63, 3.8) is 0 Å². The molecule has 8 nitrogen and oxygen atoms in total. The summed E-state index contributed by atoms with van der Waals surface area (Å²) in [4.78, 5) is 25.2. The van der Waals surface area contributed by atoms with Crippen molar-refractivity contribution in [2.24, 2.45) is 11.1 Å². The van der Waals surface area contributed by atoms with Crippen LogP contribution in [0.1, 0.15) is 13.8 Å². The first kappa shape index (κ1) is 13.7. The molecule has 0 radical (unpaired) electrons. The van der Waals surface area contributed by atoms with Gasteiger partial charge in [-0.25, -0.2) is 4.98 Å². The molecule has 0 fully saturated rings. The van der Waals surface area contributed by atoms with E-state index < -0.39 is 16.2 Å². The van der Waals surface area contributed by atoms with Gasteiger partial charge >= 0.3 is 5.69 Å². The van der Waals surface area contributed by atoms with Crippen molar-refractivity contribution >= 4 is 23.2 Å². The Hall–Kier alpha value is -2.38. The lowest BCUT2D eigenvalue weighted by molar-refractivity contribution is -0.384. The fourth-order valence-electron chi connectivity index (χ4n) is 1.14. The summed E-state index contributed by atoms with van der Waals surface area (Å²) in [6.07, 6.45) is 0. The lowest BCUT2D eigenvalue weighted by Gasteiger charge is -2.20. The normalized spacial score (nSPS) is 11.0. The summed E-state index contributed by atoms with van der Waals surface area (Å²) in [5.41, 5.74) is 9.61. The van der Waals surface area contributed by atoms with Crippen molar-refractivity contribution in [1.29, 1.82) is 0 Å². The molecule has 8 heteroatoms. The number of nitro groups is 1. The van der Waals surface area contributed by atoms with Crippen LogP contribution in [0.3, 0.4) is 0 Å². The topological polar surface area (TPSA) is 137 Å². The summed E-state index contributed by atoms with van der Waals surface area (Å²) < 4.78 is 0. The second kappa shape index (κ2) is 4.86. The van der Waals surface area contributed by atoms with Crippen molar-refractivity contribution in [2.45, 2.75) is 13.8 Å². The molecule has 0 aromatic carbocycles. The highest BCUT2D eigenvalue weighted by molar-refractivity contribution is 5.80. The van der Waals surface area contributed by atoms with E-state index in [0.717, 1.165) is 0 Å². The molecule has 1 amide bonds. The molecule has 0 saturated heterocycles. The van der Waals surface area contributed by atoms with Gasteiger partial charge in [0.1, 0.15) is 5.82 Å². The molecule has 0 unspecified atom stereocenters. The van der Waals surface area contributed by atoms with E-state index in [1.54, 1.807) is 13.8 Å². The Morgan fingerprint density at radius 1 is 1.56 bits per heavy atom. The number of nitrogen functional groups attached to an aromatic ring is 1. The van der Waals surface area contributed by atoms with Crippen LogP contribution in [0.4, 0.5) is 17.3 Å². The van der Waals surface area contributed by atoms with Gasteiger partial charge in [-0.2, -0.15) is 0 Å². The standard InChI is InChI=1S/C10H15N5O3/c1-10(2,9(12)16)5-13-8-6(15(17)18)3-4-7(11)14-8/h3-4H,5H2,1-2H3,(H2,12,16)(H3,11,13,14). The Kier molecular flexibility index (Phi) is 3.70. The van der Waals surface area contributed by atoms with Gasteiger partial charge in [0, 0.05) is 12.6 Å². The van der Waals surface area contributed by atoms with E-state index in [1.165, 1.54) is 12.1 Å². The fraction of sp³-hybridized carbons (Fsp3) is 0.400. The van der Waals surface area contributed by atoms with E-state index in [2.05, 4.69) is 10.3 Å². The van der Waals surface area contributed by atoms with Gasteiger partial charge < -0.3 is 16.8 Å². The Bertz CT molecular complexity index is 486. The van der Waals surface area contributed by atoms with Crippen LogP contribution in [0.15, 0.2) is 12.1 Å². The second-order valence-corrected chi connectivity index (χ2v) is 4.46. The molecule has 0 spiro atoms. The molecule has 0 atom stereocenters. The van der Waals surface area contributed by atoms with E-state index in [0.29, 0.717) is 0 Å². The molecule has 0 bridgehead atoms. The third kappa shape index (κ3) is 3.06. The molecule has 98 valence electrons. The highest BCUT2D eigenvalue weighted by atomic mass is 16.6. The van der Waals surface area contributed by atoms with E-state index in [-0.39, 0.29) is 23.9 Å². The Morgan fingerprint density at radius 3 is 2.67 bits per heavy atom.